The van der Waals surface area contributed by atoms with Gasteiger partial charge in [-0.1, -0.05) is 26.0 Å². The minimum Gasteiger partial charge on any atom is -0.312 e. The number of benzene rings is 1. The van der Waals surface area contributed by atoms with E-state index in [2.05, 4.69) is 31.1 Å². The number of nitrogens with one attached hydrogen (secondary N) is 1. The topological polar surface area (TPSA) is 15.3 Å². The van der Waals surface area contributed by atoms with Crippen molar-refractivity contribution in [3.05, 3.63) is 35.6 Å². The van der Waals surface area contributed by atoms with Crippen LogP contribution in [0.2, 0.25) is 0 Å². The van der Waals surface area contributed by atoms with Crippen LogP contribution in [0.5, 0.6) is 0 Å². The second kappa shape index (κ2) is 7.19. The van der Waals surface area contributed by atoms with Crippen LogP contribution in [0.25, 0.3) is 0 Å². The Hall–Kier alpha value is -0.930. The van der Waals surface area contributed by atoms with Crippen LogP contribution in [0.1, 0.15) is 25.8 Å². The number of hydrogen-bond donors (Lipinski definition) is 1. The maximum Gasteiger partial charge on any atom is 0.123 e. The second-order valence-electron chi connectivity index (χ2n) is 6.66. The van der Waals surface area contributed by atoms with Crippen molar-refractivity contribution in [2.75, 3.05) is 26.7 Å². The molecule has 0 bridgehead atoms. The third-order valence-corrected chi connectivity index (χ3v) is 3.95. The molecule has 2 rings (SSSR count). The summed E-state index contributed by atoms with van der Waals surface area (Å²) in [4.78, 5) is 2.39. The average molecular weight is 278 g/mol. The van der Waals surface area contributed by atoms with Crippen molar-refractivity contribution >= 4 is 0 Å². The molecule has 112 valence electrons. The van der Waals surface area contributed by atoms with E-state index >= 15 is 0 Å². The molecule has 1 saturated heterocycles. The van der Waals surface area contributed by atoms with Crippen LogP contribution in [0.15, 0.2) is 24.3 Å². The molecule has 1 aromatic rings. The van der Waals surface area contributed by atoms with Gasteiger partial charge in [-0.25, -0.2) is 4.39 Å². The fourth-order valence-electron chi connectivity index (χ4n) is 3.14. The van der Waals surface area contributed by atoms with Crippen LogP contribution in [0.4, 0.5) is 4.39 Å². The highest BCUT2D eigenvalue weighted by Crippen LogP contribution is 2.21. The van der Waals surface area contributed by atoms with Gasteiger partial charge in [0, 0.05) is 19.1 Å². The number of nitrogens with zero attached hydrogens (tertiary/aromatic N) is 1. The lowest BCUT2D eigenvalue weighted by Crippen LogP contribution is -2.48. The lowest BCUT2D eigenvalue weighted by atomic mass is 9.89. The van der Waals surface area contributed by atoms with E-state index in [0.717, 1.165) is 31.6 Å². The molecule has 0 aromatic heterocycles. The Labute approximate surface area is 122 Å². The summed E-state index contributed by atoms with van der Waals surface area (Å²) in [5, 5.41) is 3.66. The van der Waals surface area contributed by atoms with Gasteiger partial charge in [0.2, 0.25) is 0 Å². The maximum atomic E-state index is 13.3. The molecule has 1 aliphatic heterocycles. The molecule has 0 amide bonds. The van der Waals surface area contributed by atoms with E-state index in [1.807, 2.05) is 12.1 Å². The third-order valence-electron chi connectivity index (χ3n) is 3.95. The molecule has 0 aliphatic carbocycles. The summed E-state index contributed by atoms with van der Waals surface area (Å²) in [6, 6.07) is 7.60. The molecule has 1 aliphatic rings. The Morgan fingerprint density at radius 1 is 1.35 bits per heavy atom. The minimum atomic E-state index is -0.124. The van der Waals surface area contributed by atoms with Gasteiger partial charge in [-0.15, -0.1) is 0 Å². The molecule has 1 fully saturated rings. The highest BCUT2D eigenvalue weighted by atomic mass is 19.1. The van der Waals surface area contributed by atoms with Gasteiger partial charge in [-0.2, -0.15) is 0 Å². The quantitative estimate of drug-likeness (QED) is 0.891. The van der Waals surface area contributed by atoms with Crippen LogP contribution in [-0.4, -0.2) is 37.6 Å². The molecule has 2 unspecified atom stereocenters. The van der Waals surface area contributed by atoms with Crippen molar-refractivity contribution in [3.63, 3.8) is 0 Å². The smallest absolute Gasteiger partial charge is 0.123 e. The van der Waals surface area contributed by atoms with Gasteiger partial charge in [0.1, 0.15) is 5.82 Å². The molecule has 0 spiro atoms. The van der Waals surface area contributed by atoms with Crippen molar-refractivity contribution in [2.24, 2.45) is 11.8 Å². The van der Waals surface area contributed by atoms with Gasteiger partial charge in [0.05, 0.1) is 0 Å². The Morgan fingerprint density at radius 3 is 2.85 bits per heavy atom. The van der Waals surface area contributed by atoms with Crippen molar-refractivity contribution in [2.45, 2.75) is 32.7 Å². The van der Waals surface area contributed by atoms with Crippen LogP contribution >= 0.6 is 0 Å². The number of likely N-dealkylation sites (tertiary alicyclic amines) is 1. The van der Waals surface area contributed by atoms with Gasteiger partial charge in [-0.3, -0.25) is 0 Å². The van der Waals surface area contributed by atoms with Crippen molar-refractivity contribution in [1.82, 2.24) is 10.2 Å². The minimum absolute atomic E-state index is 0.124. The van der Waals surface area contributed by atoms with Gasteiger partial charge in [0.15, 0.2) is 0 Å². The molecule has 2 nitrogen and oxygen atoms in total. The molecule has 3 heteroatoms. The highest BCUT2D eigenvalue weighted by Gasteiger charge is 2.25. The normalized spacial score (nSPS) is 24.2. The van der Waals surface area contributed by atoms with E-state index in [-0.39, 0.29) is 5.82 Å². The van der Waals surface area contributed by atoms with Crippen molar-refractivity contribution < 1.29 is 4.39 Å². The zero-order chi connectivity index (χ0) is 14.5. The molecule has 0 saturated carbocycles. The summed E-state index contributed by atoms with van der Waals surface area (Å²) in [7, 11) is 2.18. The molecule has 0 radical (unpaired) electrons. The van der Waals surface area contributed by atoms with Gasteiger partial charge in [-0.05, 0) is 56.0 Å². The fraction of sp³-hybridized carbons (Fsp3) is 0.647. The van der Waals surface area contributed by atoms with E-state index in [1.54, 1.807) is 6.07 Å². The third kappa shape index (κ3) is 4.88. The Balaban J connectivity index is 1.90. The molecule has 1 N–H and O–H groups in total. The predicted molar refractivity (Wildman–Crippen MR) is 82.3 cm³/mol. The standard InChI is InChI=1S/C17H27FN2/c1-13(2)10-19-17-9-15(11-20(3)12-17)7-14-5-4-6-16(18)8-14/h4-6,8,13,15,17,19H,7,9-12H2,1-3H3. The lowest BCUT2D eigenvalue weighted by Gasteiger charge is -2.36. The maximum absolute atomic E-state index is 13.3. The summed E-state index contributed by atoms with van der Waals surface area (Å²) < 4.78 is 13.3. The van der Waals surface area contributed by atoms with E-state index in [0.29, 0.717) is 17.9 Å². The summed E-state index contributed by atoms with van der Waals surface area (Å²) in [6.45, 7) is 7.78. The number of piperidine rings is 1. The molecule has 1 aromatic carbocycles. The lowest BCUT2D eigenvalue weighted by molar-refractivity contribution is 0.166. The second-order valence-corrected chi connectivity index (χ2v) is 6.66. The first-order valence-corrected chi connectivity index (χ1v) is 7.69. The number of rotatable bonds is 5. The first-order chi connectivity index (χ1) is 9.52. The molecule has 1 heterocycles. The summed E-state index contributed by atoms with van der Waals surface area (Å²) in [5.41, 5.74) is 1.12. The van der Waals surface area contributed by atoms with Gasteiger partial charge >= 0.3 is 0 Å². The number of halogens is 1. The van der Waals surface area contributed by atoms with Crippen molar-refractivity contribution in [3.8, 4) is 0 Å². The van der Waals surface area contributed by atoms with Crippen LogP contribution in [0.3, 0.4) is 0 Å². The Morgan fingerprint density at radius 2 is 2.15 bits per heavy atom. The Kier molecular flexibility index (Phi) is 5.55. The van der Waals surface area contributed by atoms with Crippen LogP contribution < -0.4 is 5.32 Å². The van der Waals surface area contributed by atoms with E-state index in [1.165, 1.54) is 12.5 Å². The van der Waals surface area contributed by atoms with E-state index in [9.17, 15) is 4.39 Å². The largest absolute Gasteiger partial charge is 0.312 e. The highest BCUT2D eigenvalue weighted by molar-refractivity contribution is 5.17. The molecular weight excluding hydrogens is 251 g/mol. The van der Waals surface area contributed by atoms with Crippen LogP contribution in [-0.2, 0) is 6.42 Å². The van der Waals surface area contributed by atoms with Gasteiger partial charge < -0.3 is 10.2 Å². The zero-order valence-electron chi connectivity index (χ0n) is 12.9. The Bertz CT molecular complexity index is 419. The SMILES string of the molecule is CC(C)CNC1CC(Cc2cccc(F)c2)CN(C)C1. The predicted octanol–water partition coefficient (Wildman–Crippen LogP) is 2.93. The first kappa shape index (κ1) is 15.5. The summed E-state index contributed by atoms with van der Waals surface area (Å²) >= 11 is 0. The number of likely N-dealkylation sites (N-methyl/N-ethyl adjacent to an activating group) is 1. The molecular formula is C17H27FN2. The van der Waals surface area contributed by atoms with Crippen molar-refractivity contribution in [1.29, 1.82) is 0 Å². The summed E-state index contributed by atoms with van der Waals surface area (Å²) in [6.07, 6.45) is 2.16. The summed E-state index contributed by atoms with van der Waals surface area (Å²) in [5.74, 6) is 1.17. The first-order valence-electron chi connectivity index (χ1n) is 7.69. The van der Waals surface area contributed by atoms with E-state index < -0.39 is 0 Å². The molecule has 20 heavy (non-hydrogen) atoms. The van der Waals surface area contributed by atoms with Gasteiger partial charge in [0.25, 0.3) is 0 Å². The average Bonchev–Trinajstić information content (AvgIpc) is 2.35. The fourth-order valence-corrected chi connectivity index (χ4v) is 3.14. The number of hydrogen-bond acceptors (Lipinski definition) is 2. The monoisotopic (exact) mass is 278 g/mol. The van der Waals surface area contributed by atoms with E-state index in [4.69, 9.17) is 0 Å². The van der Waals surface area contributed by atoms with Crippen LogP contribution in [0, 0.1) is 17.7 Å². The molecule has 2 atom stereocenters. The zero-order valence-corrected chi connectivity index (χ0v) is 12.9.